The number of carbonyl (C=O) groups excluding carboxylic acids is 4. The molecule has 4 atom stereocenters. The lowest BCUT2D eigenvalue weighted by atomic mass is 9.99. The first-order valence-corrected chi connectivity index (χ1v) is 43.6. The van der Waals surface area contributed by atoms with E-state index in [0.717, 1.165) is 86.9 Å². The highest BCUT2D eigenvalue weighted by Crippen LogP contribution is 2.39. The fourth-order valence-corrected chi connectivity index (χ4v) is 15.5. The Morgan fingerprint density at radius 1 is 0.350 bits per heavy atom. The van der Waals surface area contributed by atoms with Crippen molar-refractivity contribution in [2.24, 2.45) is 28.2 Å². The molecular formula is C102H93F12N21O8. The molecule has 0 unspecified atom stereocenters. The summed E-state index contributed by atoms with van der Waals surface area (Å²) < 4.78 is 172. The van der Waals surface area contributed by atoms with Crippen molar-refractivity contribution in [1.82, 2.24) is 85.5 Å². The smallest absolute Gasteiger partial charge is 0.263 e. The van der Waals surface area contributed by atoms with Crippen LogP contribution in [0, 0.1) is 55.7 Å². The molecule has 16 rings (SSSR count). The second kappa shape index (κ2) is 45.9. The number of aliphatic hydroxyl groups excluding tert-OH is 4. The van der Waals surface area contributed by atoms with E-state index in [1.54, 1.807) is 144 Å². The second-order valence-corrected chi connectivity index (χ2v) is 32.8. The summed E-state index contributed by atoms with van der Waals surface area (Å²) in [6.07, 6.45) is 7.28. The van der Waals surface area contributed by atoms with Crippen molar-refractivity contribution < 1.29 is 92.3 Å². The first kappa shape index (κ1) is 104. The van der Waals surface area contributed by atoms with Gasteiger partial charge in [0.2, 0.25) is 0 Å². The van der Waals surface area contributed by atoms with Crippen LogP contribution in [0.15, 0.2) is 232 Å². The Labute approximate surface area is 809 Å². The van der Waals surface area contributed by atoms with Gasteiger partial charge in [-0.05, 0) is 186 Å². The van der Waals surface area contributed by atoms with Gasteiger partial charge >= 0.3 is 0 Å². The largest absolute Gasteiger partial charge is 0.394 e. The van der Waals surface area contributed by atoms with Gasteiger partial charge in [-0.1, -0.05) is 78.0 Å². The molecule has 0 bridgehead atoms. The Kier molecular flexibility index (Phi) is 33.2. The Morgan fingerprint density at radius 3 is 0.944 bits per heavy atom. The highest BCUT2D eigenvalue weighted by Gasteiger charge is 2.29. The fraction of sp³-hybridized carbons (Fsp3) is 0.186. The van der Waals surface area contributed by atoms with Crippen molar-refractivity contribution >= 4 is 46.9 Å². The maximum Gasteiger partial charge on any atom is 0.263 e. The number of nitrogens with zero attached hydrogens (tertiary/aromatic N) is 13. The van der Waals surface area contributed by atoms with Gasteiger partial charge in [0.15, 0.2) is 0 Å². The average molecular weight is 1970 g/mol. The fourth-order valence-electron chi connectivity index (χ4n) is 15.5. The van der Waals surface area contributed by atoms with Crippen LogP contribution in [0.25, 0.3) is 89.1 Å². The van der Waals surface area contributed by atoms with Crippen LogP contribution in [-0.2, 0) is 41.5 Å². The van der Waals surface area contributed by atoms with Gasteiger partial charge in [-0.3, -0.25) is 33.2 Å². The number of pyridine rings is 4. The molecule has 0 aliphatic heterocycles. The van der Waals surface area contributed by atoms with Crippen molar-refractivity contribution in [1.29, 1.82) is 0 Å². The zero-order chi connectivity index (χ0) is 103. The molecule has 0 aliphatic carbocycles. The first-order valence-electron chi connectivity index (χ1n) is 43.6. The lowest BCUT2D eigenvalue weighted by Gasteiger charge is -2.18. The summed E-state index contributed by atoms with van der Waals surface area (Å²) in [7, 11) is 7.16. The summed E-state index contributed by atoms with van der Waals surface area (Å²) in [5.74, 6) is -7.73. The van der Waals surface area contributed by atoms with E-state index in [0.29, 0.717) is 90.2 Å². The van der Waals surface area contributed by atoms with Crippen molar-refractivity contribution in [2.75, 3.05) is 49.4 Å². The van der Waals surface area contributed by atoms with E-state index >= 15 is 13.2 Å². The van der Waals surface area contributed by atoms with Crippen LogP contribution < -0.4 is 44.2 Å². The summed E-state index contributed by atoms with van der Waals surface area (Å²) in [4.78, 5) is 67.9. The van der Waals surface area contributed by atoms with Gasteiger partial charge in [-0.2, -0.15) is 15.3 Å². The molecule has 0 aliphatic rings. The van der Waals surface area contributed by atoms with E-state index in [4.69, 9.17) is 22.9 Å². The molecule has 0 saturated heterocycles. The Bertz CT molecular complexity index is 7220. The Morgan fingerprint density at radius 2 is 0.664 bits per heavy atom. The number of alkyl halides is 6. The van der Waals surface area contributed by atoms with Gasteiger partial charge in [-0.15, -0.1) is 5.10 Å². The normalized spacial score (nSPS) is 12.0. The molecule has 0 spiro atoms. The molecule has 41 heteroatoms. The average Bonchev–Trinajstić information content (AvgIpc) is 1.77. The summed E-state index contributed by atoms with van der Waals surface area (Å²) in [6.45, 7) is 2.06. The van der Waals surface area contributed by atoms with Gasteiger partial charge in [0.05, 0.1) is 103 Å². The molecule has 0 radical (unpaired) electrons. The molecule has 16 aromatic rings. The number of aryl methyl sites for hydroxylation is 5. The number of benzene rings is 8. The zero-order valence-corrected chi connectivity index (χ0v) is 77.2. The van der Waals surface area contributed by atoms with Gasteiger partial charge in [0.1, 0.15) is 71.5 Å². The molecule has 16 N–H and O–H groups in total. The predicted molar refractivity (Wildman–Crippen MR) is 511 cm³/mol. The lowest BCUT2D eigenvalue weighted by Crippen LogP contribution is -2.31. The molecule has 4 amide bonds. The number of amides is 4. The number of nitrogen functional groups attached to an aromatic ring is 4. The maximum absolute atomic E-state index is 15.0. The molecule has 8 aromatic heterocycles. The third kappa shape index (κ3) is 24.4. The number of aromatic nitrogens is 13. The number of nitrogens with one attached hydrogen (secondary N) is 4. The van der Waals surface area contributed by atoms with E-state index in [2.05, 4.69) is 66.8 Å². The highest BCUT2D eigenvalue weighted by atomic mass is 19.3. The van der Waals surface area contributed by atoms with E-state index in [1.807, 2.05) is 41.1 Å². The van der Waals surface area contributed by atoms with Crippen LogP contribution in [0.2, 0.25) is 0 Å². The van der Waals surface area contributed by atoms with Gasteiger partial charge in [-0.25, -0.2) is 77.3 Å². The Hall–Kier alpha value is -16.8. The van der Waals surface area contributed by atoms with Gasteiger partial charge in [0.25, 0.3) is 36.5 Å². The minimum atomic E-state index is -2.95. The van der Waals surface area contributed by atoms with Crippen molar-refractivity contribution in [3.8, 4) is 89.1 Å². The summed E-state index contributed by atoms with van der Waals surface area (Å²) in [6, 6.07) is 36.8. The maximum atomic E-state index is 15.0. The molecule has 29 nitrogen and oxygen atoms in total. The van der Waals surface area contributed by atoms with Crippen LogP contribution in [-0.4, -0.2) is 135 Å². The highest BCUT2D eigenvalue weighted by molar-refractivity contribution is 5.99. The number of carbonyl (C=O) groups is 4. The Balaban J connectivity index is 0.000000160. The number of halogens is 12. The number of aliphatic hydroxyl groups is 4. The SMILES string of the molecule is Cc1c(-c2cnc(N)c(-c3ccc(C(=O)N[C@H](CO)c4cc(F)cc(C(F)F)c4)c(F)c3)c2)cnn1C.Cc1c(-c2cnc(N)c(-c3ccc(C(=O)N[C@H](CO)c4cccc(CF)c4)c(F)c3)c2)cnn1C.Cc1nn(C)cc1-c1cnc(N)c(-c2ccc(C(=O)N[C@H](CO)c3cccc(CF)c3)c(F)c2)c1.Cn1nncc1-c1cnc(N)c(-c2ccc(C(=O)N[C@H](CO)c3cc(F)cc(C(F)F)c3)c(F)c2)c1. The lowest BCUT2D eigenvalue weighted by molar-refractivity contribution is 0.0904. The van der Waals surface area contributed by atoms with Crippen LogP contribution in [0.1, 0.15) is 140 Å². The molecule has 143 heavy (non-hydrogen) atoms. The number of hydrogen-bond acceptors (Lipinski definition) is 21. The van der Waals surface area contributed by atoms with Crippen LogP contribution in [0.5, 0.6) is 0 Å². The number of rotatable bonds is 28. The standard InChI is InChI=1S/C26H23F4N5O2.2C26H25F2N5O2.C24H20F4N6O2/c1-13-21(11-33-35(13)2)17-8-20(25(31)32-10-17)14-3-4-19(22(28)9-14)26(37)34-23(12-36)15-5-16(24(29)30)7-18(27)6-15;1-15-22(13-33(2)32-15)19-9-21(25(29)30-12-19)17-6-7-20(23(28)10-17)26(35)31-24(14-34)18-5-3-4-16(8-18)11-27;1-15-22(13-31-33(15)2)19-9-21(25(29)30-12-19)17-6-7-20(23(28)10-17)26(35)32-24(14-34)18-5-3-4-16(8-18)11-27;1-34-21(10-31-33-34)15-7-18(23(29)30-9-15)12-2-3-17(19(26)8-12)24(36)32-20(11-35)13-4-14(22(27)28)6-16(25)5-13/h3-11,23-24,36H,12H2,1-2H3,(H2,31,32)(H,34,37);3-10,12-13,24,34H,11,14H2,1-2H3,(H2,29,30)(H,31,35);3-10,12-13,24,34H,11,14H2,1-2H3,(H2,29,30)(H,32,35);2-10,20,22,35H,11H2,1H3,(H2,29,30)(H,32,36)/t23-;2*24-;20-/m1111/s1. The molecule has 8 heterocycles. The summed E-state index contributed by atoms with van der Waals surface area (Å²) in [5, 5.41) is 69.2. The predicted octanol–water partition coefficient (Wildman–Crippen LogP) is 16.7. The van der Waals surface area contributed by atoms with Gasteiger partial charge in [0, 0.05) is 143 Å². The van der Waals surface area contributed by atoms with Crippen molar-refractivity contribution in [3.63, 3.8) is 0 Å². The van der Waals surface area contributed by atoms with Gasteiger partial charge < -0.3 is 64.6 Å². The number of nitrogens with two attached hydrogens (primary N) is 4. The monoisotopic (exact) mass is 1970 g/mol. The first-order chi connectivity index (χ1) is 68.4. The van der Waals surface area contributed by atoms with Crippen molar-refractivity contribution in [3.05, 3.63) is 350 Å². The van der Waals surface area contributed by atoms with E-state index in [9.17, 15) is 79.1 Å². The van der Waals surface area contributed by atoms with E-state index in [1.165, 1.54) is 65.6 Å². The van der Waals surface area contributed by atoms with E-state index < -0.39 is 146 Å². The topological polar surface area (TPSA) is 437 Å². The molecule has 0 saturated carbocycles. The second-order valence-electron chi connectivity index (χ2n) is 32.8. The zero-order valence-electron chi connectivity index (χ0n) is 77.2. The minimum Gasteiger partial charge on any atom is -0.394 e. The van der Waals surface area contributed by atoms with Crippen LogP contribution in [0.4, 0.5) is 76.0 Å². The third-order valence-electron chi connectivity index (χ3n) is 23.4. The molecule has 0 fully saturated rings. The number of anilines is 4. The quantitative estimate of drug-likeness (QED) is 0.0203. The minimum absolute atomic E-state index is 0.0791. The van der Waals surface area contributed by atoms with Crippen molar-refractivity contribution in [2.45, 2.75) is 71.1 Å². The van der Waals surface area contributed by atoms with Crippen LogP contribution in [0.3, 0.4) is 0 Å². The third-order valence-corrected chi connectivity index (χ3v) is 23.4. The summed E-state index contributed by atoms with van der Waals surface area (Å²) in [5.41, 5.74) is 35.9. The number of hydrogen-bond donors (Lipinski definition) is 12. The molecule has 8 aromatic carbocycles. The molecular weight excluding hydrogens is 1880 g/mol. The molecule has 738 valence electrons. The van der Waals surface area contributed by atoms with E-state index in [-0.39, 0.29) is 56.7 Å². The summed E-state index contributed by atoms with van der Waals surface area (Å²) >= 11 is 0. The van der Waals surface area contributed by atoms with Crippen LogP contribution >= 0.6 is 0 Å².